The number of benzene rings is 2. The standard InChI is InChI=1S/C20H22O2/c1-13-12-22-18-11-14(9-10-15(13)18)16-7-6-8-17(19(16)21-5)20(2,3)4/h6-12H,1-5H3. The maximum Gasteiger partial charge on any atom is 0.134 e. The normalized spacial score (nSPS) is 11.9. The summed E-state index contributed by atoms with van der Waals surface area (Å²) in [5.74, 6) is 0.942. The van der Waals surface area contributed by atoms with Gasteiger partial charge in [0.15, 0.2) is 0 Å². The van der Waals surface area contributed by atoms with Crippen molar-refractivity contribution in [2.45, 2.75) is 33.1 Å². The van der Waals surface area contributed by atoms with Crippen LogP contribution < -0.4 is 4.74 Å². The summed E-state index contributed by atoms with van der Waals surface area (Å²) in [5, 5.41) is 1.16. The van der Waals surface area contributed by atoms with E-state index in [1.807, 2.05) is 0 Å². The van der Waals surface area contributed by atoms with E-state index in [0.29, 0.717) is 0 Å². The molecule has 2 heteroatoms. The van der Waals surface area contributed by atoms with Gasteiger partial charge in [0.05, 0.1) is 13.4 Å². The van der Waals surface area contributed by atoms with E-state index < -0.39 is 0 Å². The maximum absolute atomic E-state index is 5.74. The number of para-hydroxylation sites is 1. The molecule has 0 saturated carbocycles. The lowest BCUT2D eigenvalue weighted by Gasteiger charge is -2.24. The summed E-state index contributed by atoms with van der Waals surface area (Å²) in [4.78, 5) is 0. The molecule has 0 aliphatic carbocycles. The molecule has 0 aliphatic heterocycles. The molecule has 0 bridgehead atoms. The largest absolute Gasteiger partial charge is 0.496 e. The Bertz CT molecular complexity index is 819. The van der Waals surface area contributed by atoms with Gasteiger partial charge in [0, 0.05) is 16.5 Å². The van der Waals surface area contributed by atoms with Crippen LogP contribution in [0.25, 0.3) is 22.1 Å². The summed E-state index contributed by atoms with van der Waals surface area (Å²) in [6.07, 6.45) is 1.80. The zero-order valence-corrected chi connectivity index (χ0v) is 13.9. The van der Waals surface area contributed by atoms with E-state index in [0.717, 1.165) is 33.4 Å². The van der Waals surface area contributed by atoms with Crippen molar-refractivity contribution in [2.75, 3.05) is 7.11 Å². The van der Waals surface area contributed by atoms with Crippen LogP contribution in [0.15, 0.2) is 47.1 Å². The summed E-state index contributed by atoms with van der Waals surface area (Å²) in [6.45, 7) is 8.67. The first-order valence-electron chi connectivity index (χ1n) is 7.57. The highest BCUT2D eigenvalue weighted by Gasteiger charge is 2.21. The average Bonchev–Trinajstić information content (AvgIpc) is 2.86. The number of ether oxygens (including phenoxy) is 1. The number of fused-ring (bicyclic) bond motifs is 1. The molecule has 0 N–H and O–H groups in total. The minimum Gasteiger partial charge on any atom is -0.496 e. The molecule has 0 atom stereocenters. The molecule has 0 spiro atoms. The maximum atomic E-state index is 5.74. The molecule has 2 aromatic carbocycles. The fourth-order valence-corrected chi connectivity index (χ4v) is 2.90. The van der Waals surface area contributed by atoms with Gasteiger partial charge in [-0.25, -0.2) is 0 Å². The zero-order chi connectivity index (χ0) is 15.9. The third kappa shape index (κ3) is 2.39. The van der Waals surface area contributed by atoms with Crippen LogP contribution in [0, 0.1) is 6.92 Å². The van der Waals surface area contributed by atoms with Crippen LogP contribution in [-0.2, 0) is 5.41 Å². The third-order valence-corrected chi connectivity index (χ3v) is 4.11. The molecule has 1 aromatic heterocycles. The van der Waals surface area contributed by atoms with Gasteiger partial charge in [-0.1, -0.05) is 51.1 Å². The van der Waals surface area contributed by atoms with Crippen molar-refractivity contribution in [3.63, 3.8) is 0 Å². The number of hydrogen-bond donors (Lipinski definition) is 0. The lowest BCUT2D eigenvalue weighted by molar-refractivity contribution is 0.399. The molecular weight excluding hydrogens is 272 g/mol. The molecule has 0 fully saturated rings. The Kier molecular flexibility index (Phi) is 3.48. The third-order valence-electron chi connectivity index (χ3n) is 4.11. The summed E-state index contributed by atoms with van der Waals surface area (Å²) in [7, 11) is 1.74. The van der Waals surface area contributed by atoms with Gasteiger partial charge in [-0.3, -0.25) is 0 Å². The highest BCUT2D eigenvalue weighted by molar-refractivity contribution is 5.87. The van der Waals surface area contributed by atoms with Gasteiger partial charge in [-0.05, 0) is 29.5 Å². The van der Waals surface area contributed by atoms with Crippen molar-refractivity contribution in [3.05, 3.63) is 53.8 Å². The predicted octanol–water partition coefficient (Wildman–Crippen LogP) is 5.71. The first kappa shape index (κ1) is 14.7. The van der Waals surface area contributed by atoms with E-state index in [1.54, 1.807) is 13.4 Å². The number of methoxy groups -OCH3 is 1. The van der Waals surface area contributed by atoms with Gasteiger partial charge < -0.3 is 9.15 Å². The highest BCUT2D eigenvalue weighted by atomic mass is 16.5. The van der Waals surface area contributed by atoms with Crippen LogP contribution in [0.5, 0.6) is 5.75 Å². The van der Waals surface area contributed by atoms with E-state index in [4.69, 9.17) is 9.15 Å². The average molecular weight is 294 g/mol. The van der Waals surface area contributed by atoms with Crippen molar-refractivity contribution in [1.82, 2.24) is 0 Å². The summed E-state index contributed by atoms with van der Waals surface area (Å²) in [5.41, 5.74) is 5.54. The Morgan fingerprint density at radius 2 is 1.82 bits per heavy atom. The van der Waals surface area contributed by atoms with Crippen LogP contribution in [-0.4, -0.2) is 7.11 Å². The highest BCUT2D eigenvalue weighted by Crippen LogP contribution is 2.40. The topological polar surface area (TPSA) is 22.4 Å². The minimum atomic E-state index is 0.0344. The smallest absolute Gasteiger partial charge is 0.134 e. The second-order valence-electron chi connectivity index (χ2n) is 6.77. The Morgan fingerprint density at radius 3 is 2.50 bits per heavy atom. The van der Waals surface area contributed by atoms with E-state index in [9.17, 15) is 0 Å². The second-order valence-corrected chi connectivity index (χ2v) is 6.77. The van der Waals surface area contributed by atoms with Crippen molar-refractivity contribution in [3.8, 4) is 16.9 Å². The van der Waals surface area contributed by atoms with Gasteiger partial charge >= 0.3 is 0 Å². The lowest BCUT2D eigenvalue weighted by Crippen LogP contribution is -2.13. The van der Waals surface area contributed by atoms with Crippen LogP contribution in [0.4, 0.5) is 0 Å². The molecule has 3 rings (SSSR count). The summed E-state index contributed by atoms with van der Waals surface area (Å²) < 4.78 is 11.4. The van der Waals surface area contributed by atoms with Gasteiger partial charge in [-0.15, -0.1) is 0 Å². The molecular formula is C20H22O2. The molecule has 2 nitrogen and oxygen atoms in total. The number of furan rings is 1. The Labute approximate surface area is 131 Å². The van der Waals surface area contributed by atoms with Crippen LogP contribution in [0.2, 0.25) is 0 Å². The van der Waals surface area contributed by atoms with Crippen molar-refractivity contribution in [2.24, 2.45) is 0 Å². The first-order chi connectivity index (χ1) is 10.4. The van der Waals surface area contributed by atoms with Gasteiger partial charge in [0.2, 0.25) is 0 Å². The molecule has 0 unspecified atom stereocenters. The molecule has 0 saturated heterocycles. The second kappa shape index (κ2) is 5.20. The van der Waals surface area contributed by atoms with Gasteiger partial charge in [0.25, 0.3) is 0 Å². The van der Waals surface area contributed by atoms with E-state index in [1.165, 1.54) is 5.56 Å². The molecule has 3 aromatic rings. The van der Waals surface area contributed by atoms with Gasteiger partial charge in [-0.2, -0.15) is 0 Å². The number of hydrogen-bond acceptors (Lipinski definition) is 2. The van der Waals surface area contributed by atoms with E-state index in [2.05, 4.69) is 64.1 Å². The van der Waals surface area contributed by atoms with Crippen LogP contribution in [0.3, 0.4) is 0 Å². The lowest BCUT2D eigenvalue weighted by atomic mass is 9.84. The number of aryl methyl sites for hydroxylation is 1. The molecule has 0 aliphatic rings. The van der Waals surface area contributed by atoms with Crippen molar-refractivity contribution < 1.29 is 9.15 Å². The van der Waals surface area contributed by atoms with Crippen molar-refractivity contribution >= 4 is 11.0 Å². The number of rotatable bonds is 2. The Morgan fingerprint density at radius 1 is 1.05 bits per heavy atom. The first-order valence-corrected chi connectivity index (χ1v) is 7.57. The van der Waals surface area contributed by atoms with E-state index in [-0.39, 0.29) is 5.41 Å². The fourth-order valence-electron chi connectivity index (χ4n) is 2.90. The molecule has 22 heavy (non-hydrogen) atoms. The Hall–Kier alpha value is -2.22. The minimum absolute atomic E-state index is 0.0344. The Balaban J connectivity index is 2.21. The summed E-state index contributed by atoms with van der Waals surface area (Å²) in [6, 6.07) is 12.7. The quantitative estimate of drug-likeness (QED) is 0.603. The molecule has 1 heterocycles. The molecule has 114 valence electrons. The van der Waals surface area contributed by atoms with E-state index >= 15 is 0 Å². The van der Waals surface area contributed by atoms with Crippen molar-refractivity contribution in [1.29, 1.82) is 0 Å². The van der Waals surface area contributed by atoms with Crippen LogP contribution in [0.1, 0.15) is 31.9 Å². The molecule has 0 radical (unpaired) electrons. The zero-order valence-electron chi connectivity index (χ0n) is 13.9. The predicted molar refractivity (Wildman–Crippen MR) is 91.6 cm³/mol. The molecule has 0 amide bonds. The monoisotopic (exact) mass is 294 g/mol. The SMILES string of the molecule is COc1c(-c2ccc3c(C)coc3c2)cccc1C(C)(C)C. The van der Waals surface area contributed by atoms with Gasteiger partial charge in [0.1, 0.15) is 11.3 Å². The summed E-state index contributed by atoms with van der Waals surface area (Å²) >= 11 is 0. The fraction of sp³-hybridized carbons (Fsp3) is 0.300. The van der Waals surface area contributed by atoms with Crippen LogP contribution >= 0.6 is 0 Å².